The van der Waals surface area contributed by atoms with Gasteiger partial charge in [-0.2, -0.15) is 0 Å². The van der Waals surface area contributed by atoms with Crippen molar-refractivity contribution >= 4 is 23.4 Å². The van der Waals surface area contributed by atoms with Crippen LogP contribution in [0.4, 0.5) is 0 Å². The molecule has 0 bridgehead atoms. The number of primary amides is 1. The van der Waals surface area contributed by atoms with Crippen LogP contribution in [0.2, 0.25) is 5.02 Å². The van der Waals surface area contributed by atoms with Crippen molar-refractivity contribution in [3.8, 4) is 5.75 Å². The number of nitrogens with zero attached hydrogens (tertiary/aromatic N) is 1. The maximum atomic E-state index is 12.7. The van der Waals surface area contributed by atoms with Crippen molar-refractivity contribution in [2.24, 2.45) is 11.7 Å². The second-order valence-electron chi connectivity index (χ2n) is 6.71. The average molecular weight is 367 g/mol. The Morgan fingerprint density at radius 1 is 1.28 bits per heavy atom. The van der Waals surface area contributed by atoms with Crippen LogP contribution in [-0.4, -0.2) is 36.9 Å². The van der Waals surface area contributed by atoms with E-state index in [1.807, 2.05) is 0 Å². The summed E-state index contributed by atoms with van der Waals surface area (Å²) in [6, 6.07) is 5.19. The molecule has 5 nitrogen and oxygen atoms in total. The maximum absolute atomic E-state index is 12.7. The highest BCUT2D eigenvalue weighted by molar-refractivity contribution is 6.30. The Bertz CT molecular complexity index is 600. The lowest BCUT2D eigenvalue weighted by Gasteiger charge is -2.26. The molecule has 6 heteroatoms. The molecule has 1 aromatic carbocycles. The fourth-order valence-electron chi connectivity index (χ4n) is 3.45. The molecule has 1 aliphatic carbocycles. The predicted octanol–water partition coefficient (Wildman–Crippen LogP) is 3.18. The van der Waals surface area contributed by atoms with Gasteiger partial charge in [0.1, 0.15) is 5.75 Å². The molecule has 1 saturated carbocycles. The number of benzene rings is 1. The van der Waals surface area contributed by atoms with Crippen LogP contribution >= 0.6 is 11.6 Å². The summed E-state index contributed by atoms with van der Waals surface area (Å²) in [6.07, 6.45) is 7.30. The van der Waals surface area contributed by atoms with E-state index in [0.29, 0.717) is 28.8 Å². The third-order valence-electron chi connectivity index (χ3n) is 4.82. The highest BCUT2D eigenvalue weighted by atomic mass is 35.5. The van der Waals surface area contributed by atoms with Crippen LogP contribution in [0, 0.1) is 5.92 Å². The van der Waals surface area contributed by atoms with E-state index < -0.39 is 5.91 Å². The molecule has 0 aromatic heterocycles. The Balaban J connectivity index is 2.01. The van der Waals surface area contributed by atoms with Crippen LogP contribution in [0.15, 0.2) is 18.2 Å². The summed E-state index contributed by atoms with van der Waals surface area (Å²) >= 11 is 6.03. The highest BCUT2D eigenvalue weighted by Crippen LogP contribution is 2.27. The predicted molar refractivity (Wildman–Crippen MR) is 98.7 cm³/mol. The van der Waals surface area contributed by atoms with E-state index in [9.17, 15) is 9.59 Å². The summed E-state index contributed by atoms with van der Waals surface area (Å²) in [6.45, 7) is 0.518. The molecule has 25 heavy (non-hydrogen) atoms. The first-order valence-electron chi connectivity index (χ1n) is 8.88. The third kappa shape index (κ3) is 6.24. The van der Waals surface area contributed by atoms with Gasteiger partial charge in [0, 0.05) is 17.1 Å². The van der Waals surface area contributed by atoms with Gasteiger partial charge in [0.25, 0.3) is 0 Å². The van der Waals surface area contributed by atoms with Crippen LogP contribution in [0.5, 0.6) is 5.75 Å². The van der Waals surface area contributed by atoms with E-state index in [2.05, 4.69) is 0 Å². The standard InChI is InChI=1S/C19H27ClN2O3/c1-25-17-8-7-16(20)11-15(17)12-19(24)22(13-18(21)23)10-9-14-5-3-2-4-6-14/h7-8,11,14H,2-6,9-10,12-13H2,1H3,(H2,21,23). The zero-order valence-corrected chi connectivity index (χ0v) is 15.6. The SMILES string of the molecule is COc1ccc(Cl)cc1CC(=O)N(CCC1CCCCC1)CC(N)=O. The monoisotopic (exact) mass is 366 g/mol. The summed E-state index contributed by atoms with van der Waals surface area (Å²) in [5.41, 5.74) is 6.05. The molecule has 1 fully saturated rings. The van der Waals surface area contributed by atoms with Crippen molar-refractivity contribution < 1.29 is 14.3 Å². The van der Waals surface area contributed by atoms with Gasteiger partial charge >= 0.3 is 0 Å². The second-order valence-corrected chi connectivity index (χ2v) is 7.14. The summed E-state index contributed by atoms with van der Waals surface area (Å²) in [5.74, 6) is 0.631. The van der Waals surface area contributed by atoms with Gasteiger partial charge in [-0.05, 0) is 30.5 Å². The van der Waals surface area contributed by atoms with Crippen LogP contribution in [-0.2, 0) is 16.0 Å². The summed E-state index contributed by atoms with van der Waals surface area (Å²) < 4.78 is 5.30. The summed E-state index contributed by atoms with van der Waals surface area (Å²) in [4.78, 5) is 25.7. The van der Waals surface area contributed by atoms with Crippen molar-refractivity contribution in [3.63, 3.8) is 0 Å². The normalized spacial score (nSPS) is 15.0. The molecule has 0 radical (unpaired) electrons. The van der Waals surface area contributed by atoms with E-state index in [1.165, 1.54) is 32.1 Å². The van der Waals surface area contributed by atoms with Gasteiger partial charge in [0.15, 0.2) is 0 Å². The van der Waals surface area contributed by atoms with E-state index in [0.717, 1.165) is 6.42 Å². The van der Waals surface area contributed by atoms with Crippen molar-refractivity contribution in [1.82, 2.24) is 4.90 Å². The largest absolute Gasteiger partial charge is 0.496 e. The molecule has 0 atom stereocenters. The number of amides is 2. The molecule has 0 unspecified atom stereocenters. The Kier molecular flexibility index (Phi) is 7.56. The van der Waals surface area contributed by atoms with Gasteiger partial charge in [-0.1, -0.05) is 43.7 Å². The Morgan fingerprint density at radius 3 is 2.64 bits per heavy atom. The van der Waals surface area contributed by atoms with E-state index >= 15 is 0 Å². The van der Waals surface area contributed by atoms with Crippen LogP contribution in [0.3, 0.4) is 0 Å². The number of hydrogen-bond acceptors (Lipinski definition) is 3. The molecule has 2 rings (SSSR count). The number of ether oxygens (including phenoxy) is 1. The molecule has 0 aliphatic heterocycles. The quantitative estimate of drug-likeness (QED) is 0.768. The zero-order valence-electron chi connectivity index (χ0n) is 14.8. The van der Waals surface area contributed by atoms with Crippen molar-refractivity contribution in [1.29, 1.82) is 0 Å². The molecule has 2 N–H and O–H groups in total. The Hall–Kier alpha value is -1.75. The number of rotatable bonds is 8. The van der Waals surface area contributed by atoms with Crippen molar-refractivity contribution in [3.05, 3.63) is 28.8 Å². The average Bonchev–Trinajstić information content (AvgIpc) is 2.59. The molecule has 0 heterocycles. The number of hydrogen-bond donors (Lipinski definition) is 1. The Labute approximate surface area is 154 Å². The molecule has 0 saturated heterocycles. The number of carbonyl (C=O) groups excluding carboxylic acids is 2. The molecule has 1 aliphatic rings. The lowest BCUT2D eigenvalue weighted by Crippen LogP contribution is -2.40. The van der Waals surface area contributed by atoms with Crippen LogP contribution < -0.4 is 10.5 Å². The minimum atomic E-state index is -0.491. The summed E-state index contributed by atoms with van der Waals surface area (Å²) in [5, 5.41) is 0.548. The van der Waals surface area contributed by atoms with Gasteiger partial charge in [-0.25, -0.2) is 0 Å². The molecule has 0 spiro atoms. The second kappa shape index (κ2) is 9.66. The van der Waals surface area contributed by atoms with Gasteiger partial charge in [0.2, 0.25) is 11.8 Å². The Morgan fingerprint density at radius 2 is 2.00 bits per heavy atom. The molecule has 2 amide bonds. The molecule has 1 aromatic rings. The fraction of sp³-hybridized carbons (Fsp3) is 0.579. The lowest BCUT2D eigenvalue weighted by atomic mass is 9.87. The highest BCUT2D eigenvalue weighted by Gasteiger charge is 2.21. The maximum Gasteiger partial charge on any atom is 0.237 e. The number of halogens is 1. The number of nitrogens with two attached hydrogens (primary N) is 1. The third-order valence-corrected chi connectivity index (χ3v) is 5.05. The minimum Gasteiger partial charge on any atom is -0.496 e. The number of carbonyl (C=O) groups is 2. The van der Waals surface area contributed by atoms with E-state index in [4.69, 9.17) is 22.1 Å². The topological polar surface area (TPSA) is 72.6 Å². The first kappa shape index (κ1) is 19.6. The van der Waals surface area contributed by atoms with Crippen molar-refractivity contribution in [2.45, 2.75) is 44.9 Å². The summed E-state index contributed by atoms with van der Waals surface area (Å²) in [7, 11) is 1.56. The first-order valence-corrected chi connectivity index (χ1v) is 9.26. The van der Waals surface area contributed by atoms with Gasteiger partial charge in [-0.3, -0.25) is 9.59 Å². The van der Waals surface area contributed by atoms with Crippen LogP contribution in [0.1, 0.15) is 44.1 Å². The minimum absolute atomic E-state index is 0.0472. The smallest absolute Gasteiger partial charge is 0.237 e. The zero-order chi connectivity index (χ0) is 18.2. The van der Waals surface area contributed by atoms with Gasteiger partial charge in [0.05, 0.1) is 20.1 Å². The number of methoxy groups -OCH3 is 1. The lowest BCUT2D eigenvalue weighted by molar-refractivity contribution is -0.134. The van der Waals surface area contributed by atoms with Gasteiger partial charge in [-0.15, -0.1) is 0 Å². The molecular weight excluding hydrogens is 340 g/mol. The fourth-order valence-corrected chi connectivity index (χ4v) is 3.65. The van der Waals surface area contributed by atoms with E-state index in [-0.39, 0.29) is 18.9 Å². The van der Waals surface area contributed by atoms with Crippen molar-refractivity contribution in [2.75, 3.05) is 20.2 Å². The molecule has 138 valence electrons. The van der Waals surface area contributed by atoms with Gasteiger partial charge < -0.3 is 15.4 Å². The van der Waals surface area contributed by atoms with Crippen LogP contribution in [0.25, 0.3) is 0 Å². The molecular formula is C19H27ClN2O3. The van der Waals surface area contributed by atoms with E-state index in [1.54, 1.807) is 30.2 Å². The first-order chi connectivity index (χ1) is 12.0.